The molecule has 0 radical (unpaired) electrons. The minimum atomic E-state index is -5.20. The molecule has 0 unspecified atom stereocenters. The summed E-state index contributed by atoms with van der Waals surface area (Å²) in [5.74, 6) is -2.32. The summed E-state index contributed by atoms with van der Waals surface area (Å²) in [5, 5.41) is 5.99. The molecule has 138 valence electrons. The van der Waals surface area contributed by atoms with Crippen molar-refractivity contribution in [2.24, 2.45) is 0 Å². The zero-order valence-corrected chi connectivity index (χ0v) is 13.1. The van der Waals surface area contributed by atoms with E-state index in [1.807, 2.05) is 0 Å². The van der Waals surface area contributed by atoms with E-state index in [1.54, 1.807) is 6.92 Å². The fourth-order valence-corrected chi connectivity index (χ4v) is 2.22. The maximum absolute atomic E-state index is 12.2. The van der Waals surface area contributed by atoms with Crippen LogP contribution in [0, 0.1) is 6.92 Å². The molecule has 1 aromatic heterocycles. The lowest BCUT2D eigenvalue weighted by Gasteiger charge is -2.31. The van der Waals surface area contributed by atoms with Gasteiger partial charge in [0.2, 0.25) is 0 Å². The van der Waals surface area contributed by atoms with E-state index in [4.69, 9.17) is 4.52 Å². The molecule has 1 fully saturated rings. The van der Waals surface area contributed by atoms with Crippen molar-refractivity contribution >= 4 is 17.9 Å². The first-order valence-electron chi connectivity index (χ1n) is 7.24. The first-order chi connectivity index (χ1) is 11.7. The van der Waals surface area contributed by atoms with E-state index in [0.717, 1.165) is 0 Å². The Morgan fingerprint density at radius 2 is 1.96 bits per heavy atom. The van der Waals surface area contributed by atoms with E-state index < -0.39 is 18.2 Å². The SMILES string of the molecule is Cc1cc(C(=O)N2CCC(NC(=O)NOC(=O)C(F)(F)F)CC2)no1. The standard InChI is InChI=1S/C13H15F3N4O5/c1-7-6-9(18-24-7)10(21)20-4-2-8(3-5-20)17-12(23)19-25-11(22)13(14,15)16/h6,8H,2-5H2,1H3,(H2,17,19,23). The molecule has 1 aliphatic heterocycles. The number of carbonyl (C=O) groups is 3. The lowest BCUT2D eigenvalue weighted by atomic mass is 10.0. The van der Waals surface area contributed by atoms with Crippen LogP contribution >= 0.6 is 0 Å². The Bertz CT molecular complexity index is 652. The molecule has 12 heteroatoms. The molecule has 0 aromatic carbocycles. The van der Waals surface area contributed by atoms with Gasteiger partial charge in [-0.25, -0.2) is 9.59 Å². The fourth-order valence-electron chi connectivity index (χ4n) is 2.22. The molecule has 1 saturated heterocycles. The van der Waals surface area contributed by atoms with E-state index in [2.05, 4.69) is 15.3 Å². The molecular formula is C13H15F3N4O5. The number of amides is 3. The monoisotopic (exact) mass is 364 g/mol. The Labute approximate surface area is 139 Å². The van der Waals surface area contributed by atoms with E-state index in [-0.39, 0.29) is 17.6 Å². The van der Waals surface area contributed by atoms with E-state index >= 15 is 0 Å². The molecule has 1 aromatic rings. The number of nitrogens with one attached hydrogen (secondary N) is 2. The molecule has 2 heterocycles. The first-order valence-corrected chi connectivity index (χ1v) is 7.24. The summed E-state index contributed by atoms with van der Waals surface area (Å²) in [6.07, 6.45) is -4.44. The van der Waals surface area contributed by atoms with Gasteiger partial charge in [-0.2, -0.15) is 18.7 Å². The Kier molecular flexibility index (Phi) is 5.49. The van der Waals surface area contributed by atoms with Gasteiger partial charge >= 0.3 is 18.2 Å². The summed E-state index contributed by atoms with van der Waals surface area (Å²) in [5.41, 5.74) is 1.56. The third-order valence-electron chi connectivity index (χ3n) is 3.43. The number of urea groups is 1. The van der Waals surface area contributed by atoms with Gasteiger partial charge in [-0.1, -0.05) is 5.16 Å². The molecular weight excluding hydrogens is 349 g/mol. The molecule has 0 aliphatic carbocycles. The topological polar surface area (TPSA) is 114 Å². The van der Waals surface area contributed by atoms with Crippen LogP contribution in [-0.2, 0) is 9.63 Å². The number of nitrogens with zero attached hydrogens (tertiary/aromatic N) is 2. The van der Waals surface area contributed by atoms with Crippen LogP contribution in [0.3, 0.4) is 0 Å². The lowest BCUT2D eigenvalue weighted by Crippen LogP contribution is -2.49. The molecule has 2 N–H and O–H groups in total. The molecule has 25 heavy (non-hydrogen) atoms. The second kappa shape index (κ2) is 7.40. The number of hydrogen-bond donors (Lipinski definition) is 2. The number of piperidine rings is 1. The maximum atomic E-state index is 12.2. The van der Waals surface area contributed by atoms with Crippen LogP contribution in [0.5, 0.6) is 0 Å². The van der Waals surface area contributed by atoms with Gasteiger partial charge in [-0.3, -0.25) is 4.79 Å². The van der Waals surface area contributed by atoms with Crippen LogP contribution < -0.4 is 10.8 Å². The molecule has 2 rings (SSSR count). The Morgan fingerprint density at radius 3 is 2.48 bits per heavy atom. The molecule has 9 nitrogen and oxygen atoms in total. The van der Waals surface area contributed by atoms with Crippen LogP contribution in [-0.4, -0.2) is 53.3 Å². The van der Waals surface area contributed by atoms with Crippen molar-refractivity contribution in [2.75, 3.05) is 13.1 Å². The van der Waals surface area contributed by atoms with Crippen molar-refractivity contribution in [3.8, 4) is 0 Å². The number of aromatic nitrogens is 1. The summed E-state index contributed by atoms with van der Waals surface area (Å²) in [4.78, 5) is 39.2. The van der Waals surface area contributed by atoms with E-state index in [9.17, 15) is 27.6 Å². The minimum absolute atomic E-state index is 0.181. The fraction of sp³-hybridized carbons (Fsp3) is 0.538. The smallest absolute Gasteiger partial charge is 0.361 e. The second-order valence-electron chi connectivity index (χ2n) is 5.35. The molecule has 0 bridgehead atoms. The number of likely N-dealkylation sites (tertiary alicyclic amines) is 1. The highest BCUT2D eigenvalue weighted by atomic mass is 19.4. The molecule has 1 aliphatic rings. The molecule has 0 spiro atoms. The van der Waals surface area contributed by atoms with Gasteiger partial charge in [0.25, 0.3) is 5.91 Å². The van der Waals surface area contributed by atoms with Gasteiger partial charge < -0.3 is 19.6 Å². The van der Waals surface area contributed by atoms with Crippen molar-refractivity contribution in [1.82, 2.24) is 20.9 Å². The highest BCUT2D eigenvalue weighted by molar-refractivity contribution is 5.92. The Morgan fingerprint density at radius 1 is 1.32 bits per heavy atom. The van der Waals surface area contributed by atoms with Gasteiger partial charge in [-0.05, 0) is 19.8 Å². The van der Waals surface area contributed by atoms with Gasteiger partial charge in [0.15, 0.2) is 5.69 Å². The number of carbonyl (C=O) groups excluding carboxylic acids is 3. The highest BCUT2D eigenvalue weighted by Gasteiger charge is 2.42. The average molecular weight is 364 g/mol. The number of halogens is 3. The van der Waals surface area contributed by atoms with Crippen molar-refractivity contribution in [3.05, 3.63) is 17.5 Å². The molecule has 3 amide bonds. The summed E-state index contributed by atoms with van der Waals surface area (Å²) in [7, 11) is 0. The van der Waals surface area contributed by atoms with Crippen LogP contribution in [0.15, 0.2) is 10.6 Å². The van der Waals surface area contributed by atoms with Crippen LogP contribution in [0.1, 0.15) is 29.1 Å². The number of aryl methyl sites for hydroxylation is 1. The van der Waals surface area contributed by atoms with Gasteiger partial charge in [-0.15, -0.1) is 0 Å². The van der Waals surface area contributed by atoms with Crippen molar-refractivity contribution in [1.29, 1.82) is 0 Å². The summed E-state index contributed by atoms with van der Waals surface area (Å²) >= 11 is 0. The summed E-state index contributed by atoms with van der Waals surface area (Å²) in [6, 6.07) is 0.0527. The zero-order chi connectivity index (χ0) is 18.6. The number of hydroxylamine groups is 1. The molecule has 0 saturated carbocycles. The lowest BCUT2D eigenvalue weighted by molar-refractivity contribution is -0.204. The maximum Gasteiger partial charge on any atom is 0.493 e. The van der Waals surface area contributed by atoms with Crippen molar-refractivity contribution in [3.63, 3.8) is 0 Å². The predicted molar refractivity (Wildman–Crippen MR) is 74.0 cm³/mol. The van der Waals surface area contributed by atoms with Crippen LogP contribution in [0.25, 0.3) is 0 Å². The number of alkyl halides is 3. The van der Waals surface area contributed by atoms with Crippen molar-refractivity contribution in [2.45, 2.75) is 32.0 Å². The Balaban J connectivity index is 1.74. The van der Waals surface area contributed by atoms with Gasteiger partial charge in [0.1, 0.15) is 5.76 Å². The van der Waals surface area contributed by atoms with E-state index in [0.29, 0.717) is 31.7 Å². The summed E-state index contributed by atoms with van der Waals surface area (Å²) < 4.78 is 40.6. The first kappa shape index (κ1) is 18.5. The average Bonchev–Trinajstić information content (AvgIpc) is 2.98. The summed E-state index contributed by atoms with van der Waals surface area (Å²) in [6.45, 7) is 2.29. The third-order valence-corrected chi connectivity index (χ3v) is 3.43. The van der Waals surface area contributed by atoms with Crippen molar-refractivity contribution < 1.29 is 36.9 Å². The largest absolute Gasteiger partial charge is 0.493 e. The highest BCUT2D eigenvalue weighted by Crippen LogP contribution is 2.16. The number of hydrogen-bond acceptors (Lipinski definition) is 6. The minimum Gasteiger partial charge on any atom is -0.361 e. The van der Waals surface area contributed by atoms with Crippen LogP contribution in [0.4, 0.5) is 18.0 Å². The van der Waals surface area contributed by atoms with Gasteiger partial charge in [0, 0.05) is 25.2 Å². The van der Waals surface area contributed by atoms with E-state index in [1.165, 1.54) is 16.4 Å². The zero-order valence-electron chi connectivity index (χ0n) is 13.1. The second-order valence-corrected chi connectivity index (χ2v) is 5.35. The quantitative estimate of drug-likeness (QED) is 0.754. The Hall–Kier alpha value is -2.79. The third kappa shape index (κ3) is 5.09. The van der Waals surface area contributed by atoms with Gasteiger partial charge in [0.05, 0.1) is 0 Å². The number of rotatable bonds is 2. The predicted octanol–water partition coefficient (Wildman–Crippen LogP) is 0.907. The van der Waals surface area contributed by atoms with Crippen LogP contribution in [0.2, 0.25) is 0 Å². The molecule has 0 atom stereocenters. The normalized spacial score (nSPS) is 15.6.